The predicted octanol–water partition coefficient (Wildman–Crippen LogP) is 2.54. The lowest BCUT2D eigenvalue weighted by Gasteiger charge is -2.21. The van der Waals surface area contributed by atoms with Gasteiger partial charge in [-0.2, -0.15) is 0 Å². The van der Waals surface area contributed by atoms with Crippen molar-refractivity contribution in [3.8, 4) is 0 Å². The van der Waals surface area contributed by atoms with Crippen molar-refractivity contribution in [3.05, 3.63) is 47.9 Å². The molecule has 6 heteroatoms. The predicted molar refractivity (Wildman–Crippen MR) is 96.6 cm³/mol. The molecule has 1 aliphatic rings. The summed E-state index contributed by atoms with van der Waals surface area (Å²) in [6.45, 7) is 5.85. The van der Waals surface area contributed by atoms with Crippen LogP contribution in [-0.2, 0) is 11.3 Å². The van der Waals surface area contributed by atoms with E-state index in [2.05, 4.69) is 4.98 Å². The normalized spacial score (nSPS) is 14.6. The summed E-state index contributed by atoms with van der Waals surface area (Å²) < 4.78 is 1.86. The van der Waals surface area contributed by atoms with Crippen molar-refractivity contribution in [2.45, 2.75) is 33.2 Å². The third-order valence-corrected chi connectivity index (χ3v) is 4.33. The minimum Gasteiger partial charge on any atom is -0.328 e. The molecule has 0 spiro atoms. The summed E-state index contributed by atoms with van der Waals surface area (Å²) in [6, 6.07) is 9.96. The Labute approximate surface area is 148 Å². The number of carbonyl (C=O) groups excluding carboxylic acids is 2. The highest BCUT2D eigenvalue weighted by Crippen LogP contribution is 2.25. The van der Waals surface area contributed by atoms with Gasteiger partial charge in [0.1, 0.15) is 6.54 Å². The number of hydrogen-bond acceptors (Lipinski definition) is 3. The zero-order valence-corrected chi connectivity index (χ0v) is 14.8. The van der Waals surface area contributed by atoms with Crippen LogP contribution in [0.3, 0.4) is 0 Å². The maximum atomic E-state index is 13.1. The van der Waals surface area contributed by atoms with Crippen LogP contribution in [0.15, 0.2) is 36.7 Å². The molecular formula is C19H24N4O2. The van der Waals surface area contributed by atoms with Crippen LogP contribution in [0.2, 0.25) is 0 Å². The topological polar surface area (TPSA) is 58.4 Å². The number of hydrogen-bond donors (Lipinski definition) is 0. The van der Waals surface area contributed by atoms with Crippen LogP contribution >= 0.6 is 0 Å². The first kappa shape index (κ1) is 17.2. The smallest absolute Gasteiger partial charge is 0.274 e. The molecule has 0 atom stereocenters. The lowest BCUT2D eigenvalue weighted by Crippen LogP contribution is -2.40. The first-order chi connectivity index (χ1) is 12.2. The Kier molecular flexibility index (Phi) is 5.16. The Balaban J connectivity index is 2.03. The van der Waals surface area contributed by atoms with Crippen LogP contribution in [-0.4, -0.2) is 45.9 Å². The van der Waals surface area contributed by atoms with Crippen molar-refractivity contribution in [1.29, 1.82) is 0 Å². The molecule has 1 aliphatic heterocycles. The van der Waals surface area contributed by atoms with Crippen molar-refractivity contribution in [3.63, 3.8) is 0 Å². The molecule has 0 bridgehead atoms. The second-order valence-electron chi connectivity index (χ2n) is 6.30. The van der Waals surface area contributed by atoms with Gasteiger partial charge in [-0.25, -0.2) is 4.98 Å². The molecule has 0 unspecified atom stereocenters. The molecule has 0 radical (unpaired) electrons. The van der Waals surface area contributed by atoms with Gasteiger partial charge in [-0.05, 0) is 18.4 Å². The summed E-state index contributed by atoms with van der Waals surface area (Å²) in [6.07, 6.45) is 3.30. The third kappa shape index (κ3) is 3.43. The number of amides is 2. The average molecular weight is 340 g/mol. The molecule has 0 saturated heterocycles. The summed E-state index contributed by atoms with van der Waals surface area (Å²) in [4.78, 5) is 33.5. The van der Waals surface area contributed by atoms with E-state index in [9.17, 15) is 9.59 Å². The lowest BCUT2D eigenvalue weighted by atomic mass is 10.2. The molecule has 2 heterocycles. The summed E-state index contributed by atoms with van der Waals surface area (Å²) in [5, 5.41) is 0. The average Bonchev–Trinajstić information content (AvgIpc) is 2.98. The van der Waals surface area contributed by atoms with Gasteiger partial charge in [0.2, 0.25) is 5.91 Å². The Morgan fingerprint density at radius 1 is 1.04 bits per heavy atom. The van der Waals surface area contributed by atoms with E-state index in [4.69, 9.17) is 0 Å². The van der Waals surface area contributed by atoms with Crippen molar-refractivity contribution < 1.29 is 9.59 Å². The van der Waals surface area contributed by atoms with Crippen molar-refractivity contribution >= 4 is 17.6 Å². The third-order valence-electron chi connectivity index (χ3n) is 4.33. The molecule has 3 rings (SSSR count). The number of anilines is 1. The summed E-state index contributed by atoms with van der Waals surface area (Å²) in [5.74, 6) is 0.316. The largest absolute Gasteiger partial charge is 0.328 e. The quantitative estimate of drug-likeness (QED) is 0.812. The zero-order chi connectivity index (χ0) is 17.8. The van der Waals surface area contributed by atoms with Gasteiger partial charge >= 0.3 is 0 Å². The van der Waals surface area contributed by atoms with Gasteiger partial charge in [0.05, 0.1) is 6.33 Å². The summed E-state index contributed by atoms with van der Waals surface area (Å²) in [5.41, 5.74) is 1.60. The van der Waals surface area contributed by atoms with Gasteiger partial charge in [-0.1, -0.05) is 44.2 Å². The lowest BCUT2D eigenvalue weighted by molar-refractivity contribution is -0.119. The molecule has 0 aliphatic carbocycles. The molecule has 0 saturated carbocycles. The highest BCUT2D eigenvalue weighted by molar-refractivity contribution is 6.07. The first-order valence-electron chi connectivity index (χ1n) is 8.84. The monoisotopic (exact) mass is 340 g/mol. The van der Waals surface area contributed by atoms with Crippen molar-refractivity contribution in [2.24, 2.45) is 0 Å². The van der Waals surface area contributed by atoms with E-state index in [1.54, 1.807) is 16.1 Å². The van der Waals surface area contributed by atoms with Crippen molar-refractivity contribution in [2.75, 3.05) is 24.5 Å². The second kappa shape index (κ2) is 7.51. The Morgan fingerprint density at radius 2 is 1.76 bits per heavy atom. The molecule has 1 aromatic carbocycles. The van der Waals surface area contributed by atoms with Gasteiger partial charge in [0.25, 0.3) is 5.91 Å². The number of rotatable bonds is 6. The Bertz CT molecular complexity index is 754. The number of nitrogens with zero attached hydrogens (tertiary/aromatic N) is 4. The van der Waals surface area contributed by atoms with Crippen molar-refractivity contribution in [1.82, 2.24) is 14.5 Å². The zero-order valence-electron chi connectivity index (χ0n) is 14.8. The molecule has 6 nitrogen and oxygen atoms in total. The standard InChI is InChI=1S/C19H24N4O2/c1-3-10-21-13-16(24)23(11-4-2)18-17(19(21)25)22(14-20-18)12-15-8-6-5-7-9-15/h5-9,14H,3-4,10-13H2,1-2H3. The van der Waals surface area contributed by atoms with E-state index < -0.39 is 0 Å². The van der Waals surface area contributed by atoms with Gasteiger partial charge in [0, 0.05) is 19.6 Å². The van der Waals surface area contributed by atoms with E-state index in [0.717, 1.165) is 18.4 Å². The number of aromatic nitrogens is 2. The van der Waals surface area contributed by atoms with Crippen LogP contribution in [0, 0.1) is 0 Å². The van der Waals surface area contributed by atoms with Gasteiger partial charge in [-0.15, -0.1) is 0 Å². The van der Waals surface area contributed by atoms with Gasteiger partial charge < -0.3 is 9.47 Å². The van der Waals surface area contributed by atoms with Crippen LogP contribution in [0.25, 0.3) is 0 Å². The van der Waals surface area contributed by atoms with Crippen LogP contribution in [0.1, 0.15) is 42.7 Å². The number of benzene rings is 1. The van der Waals surface area contributed by atoms with E-state index >= 15 is 0 Å². The minimum atomic E-state index is -0.114. The highest BCUT2D eigenvalue weighted by Gasteiger charge is 2.34. The molecule has 25 heavy (non-hydrogen) atoms. The molecule has 132 valence electrons. The first-order valence-corrected chi connectivity index (χ1v) is 8.84. The van der Waals surface area contributed by atoms with Gasteiger partial charge in [0.15, 0.2) is 11.5 Å². The SMILES string of the molecule is CCCN1CC(=O)N(CCC)c2ncn(Cc3ccccc3)c2C1=O. The Hall–Kier alpha value is -2.63. The Morgan fingerprint density at radius 3 is 2.44 bits per heavy atom. The van der Waals surface area contributed by atoms with Crippen LogP contribution in [0.4, 0.5) is 5.82 Å². The molecule has 2 aromatic rings. The van der Waals surface area contributed by atoms with Crippen LogP contribution < -0.4 is 4.90 Å². The van der Waals surface area contributed by atoms with E-state index in [0.29, 0.717) is 31.1 Å². The fourth-order valence-corrected chi connectivity index (χ4v) is 3.18. The van der Waals surface area contributed by atoms with Crippen LogP contribution in [0.5, 0.6) is 0 Å². The maximum absolute atomic E-state index is 13.1. The summed E-state index contributed by atoms with van der Waals surface area (Å²) >= 11 is 0. The van der Waals surface area contributed by atoms with Gasteiger partial charge in [-0.3, -0.25) is 14.5 Å². The molecule has 0 fully saturated rings. The molecule has 1 aromatic heterocycles. The summed E-state index contributed by atoms with van der Waals surface area (Å²) in [7, 11) is 0. The van der Waals surface area contributed by atoms with E-state index in [-0.39, 0.29) is 18.4 Å². The second-order valence-corrected chi connectivity index (χ2v) is 6.30. The number of fused-ring (bicyclic) bond motifs is 1. The number of imidazole rings is 1. The number of carbonyl (C=O) groups is 2. The van der Waals surface area contributed by atoms with E-state index in [1.165, 1.54) is 0 Å². The molecular weight excluding hydrogens is 316 g/mol. The maximum Gasteiger partial charge on any atom is 0.274 e. The highest BCUT2D eigenvalue weighted by atomic mass is 16.2. The fraction of sp³-hybridized carbons (Fsp3) is 0.421. The fourth-order valence-electron chi connectivity index (χ4n) is 3.18. The molecule has 2 amide bonds. The minimum absolute atomic E-state index is 0.0626. The van der Waals surface area contributed by atoms with E-state index in [1.807, 2.05) is 48.7 Å². The molecule has 0 N–H and O–H groups in total.